The van der Waals surface area contributed by atoms with Crippen LogP contribution in [0, 0.1) is 11.8 Å². The van der Waals surface area contributed by atoms with Crippen molar-refractivity contribution in [2.45, 2.75) is 51.6 Å². The van der Waals surface area contributed by atoms with Crippen molar-refractivity contribution in [3.63, 3.8) is 0 Å². The minimum atomic E-state index is 0.615. The quantitative estimate of drug-likeness (QED) is 0.821. The van der Waals surface area contributed by atoms with E-state index in [1.54, 1.807) is 11.1 Å². The van der Waals surface area contributed by atoms with Crippen LogP contribution < -0.4 is 5.32 Å². The van der Waals surface area contributed by atoms with Crippen LogP contribution in [0.5, 0.6) is 0 Å². The van der Waals surface area contributed by atoms with Crippen LogP contribution in [0.4, 0.5) is 0 Å². The lowest BCUT2D eigenvalue weighted by Gasteiger charge is -2.26. The summed E-state index contributed by atoms with van der Waals surface area (Å²) in [7, 11) is 0. The third-order valence-corrected chi connectivity index (χ3v) is 4.53. The topological polar surface area (TPSA) is 12.0 Å². The molecule has 2 aliphatic rings. The van der Waals surface area contributed by atoms with Crippen LogP contribution in [0.2, 0.25) is 0 Å². The van der Waals surface area contributed by atoms with Gasteiger partial charge in [-0.25, -0.2) is 0 Å². The molecule has 1 N–H and O–H groups in total. The third-order valence-electron chi connectivity index (χ3n) is 4.53. The highest BCUT2D eigenvalue weighted by Crippen LogP contribution is 2.40. The highest BCUT2D eigenvalue weighted by Gasteiger charge is 2.38. The fourth-order valence-electron chi connectivity index (χ4n) is 3.81. The third kappa shape index (κ3) is 2.13. The van der Waals surface area contributed by atoms with Gasteiger partial charge in [-0.3, -0.25) is 0 Å². The summed E-state index contributed by atoms with van der Waals surface area (Å²) < 4.78 is 0. The Bertz CT molecular complexity index is 363. The minimum absolute atomic E-state index is 0.615. The maximum absolute atomic E-state index is 3.82. The van der Waals surface area contributed by atoms with Crippen molar-refractivity contribution in [2.24, 2.45) is 11.8 Å². The van der Waals surface area contributed by atoms with Gasteiger partial charge in [0.1, 0.15) is 0 Å². The second kappa shape index (κ2) is 4.45. The number of rotatable bonds is 2. The van der Waals surface area contributed by atoms with Gasteiger partial charge in [0.15, 0.2) is 0 Å². The Labute approximate surface area is 105 Å². The number of hydrogen-bond acceptors (Lipinski definition) is 1. The summed E-state index contributed by atoms with van der Waals surface area (Å²) in [5.74, 6) is 1.73. The highest BCUT2D eigenvalue weighted by atomic mass is 15.0. The van der Waals surface area contributed by atoms with Gasteiger partial charge in [0.25, 0.3) is 0 Å². The molecule has 0 spiro atoms. The van der Waals surface area contributed by atoms with Gasteiger partial charge in [-0.2, -0.15) is 0 Å². The van der Waals surface area contributed by atoms with E-state index in [-0.39, 0.29) is 0 Å². The predicted octanol–water partition coefficient (Wildman–Crippen LogP) is 3.18. The van der Waals surface area contributed by atoms with E-state index < -0.39 is 0 Å². The molecule has 0 radical (unpaired) electrons. The summed E-state index contributed by atoms with van der Waals surface area (Å²) in [6.45, 7) is 4.55. The van der Waals surface area contributed by atoms with Crippen LogP contribution in [0.1, 0.15) is 37.8 Å². The molecule has 0 aromatic heterocycles. The van der Waals surface area contributed by atoms with Crippen LogP contribution in [-0.2, 0) is 12.8 Å². The van der Waals surface area contributed by atoms with Crippen molar-refractivity contribution >= 4 is 0 Å². The molecule has 2 bridgehead atoms. The zero-order valence-corrected chi connectivity index (χ0v) is 10.9. The molecule has 0 aliphatic heterocycles. The Morgan fingerprint density at radius 2 is 1.53 bits per heavy atom. The maximum Gasteiger partial charge on any atom is 0.0132 e. The van der Waals surface area contributed by atoms with E-state index in [0.717, 1.165) is 17.9 Å². The lowest BCUT2D eigenvalue weighted by molar-refractivity contribution is 0.320. The Morgan fingerprint density at radius 1 is 1.00 bits per heavy atom. The number of hydrogen-bond donors (Lipinski definition) is 1. The molecular weight excluding hydrogens is 206 g/mol. The lowest BCUT2D eigenvalue weighted by Crippen LogP contribution is -2.41. The Morgan fingerprint density at radius 3 is 2.00 bits per heavy atom. The van der Waals surface area contributed by atoms with Gasteiger partial charge in [-0.15, -0.1) is 0 Å². The average Bonchev–Trinajstić information content (AvgIpc) is 2.55. The van der Waals surface area contributed by atoms with Crippen LogP contribution >= 0.6 is 0 Å². The Hall–Kier alpha value is -0.820. The molecule has 92 valence electrons. The van der Waals surface area contributed by atoms with Crippen molar-refractivity contribution in [1.82, 2.24) is 5.32 Å². The molecule has 0 amide bonds. The van der Waals surface area contributed by atoms with E-state index in [0.29, 0.717) is 6.04 Å². The fourth-order valence-corrected chi connectivity index (χ4v) is 3.81. The van der Waals surface area contributed by atoms with Crippen molar-refractivity contribution in [3.8, 4) is 0 Å². The van der Waals surface area contributed by atoms with E-state index >= 15 is 0 Å². The van der Waals surface area contributed by atoms with E-state index in [1.165, 1.54) is 25.7 Å². The molecule has 1 saturated carbocycles. The molecule has 0 heterocycles. The van der Waals surface area contributed by atoms with Crippen molar-refractivity contribution < 1.29 is 0 Å². The van der Waals surface area contributed by atoms with Gasteiger partial charge in [-0.1, -0.05) is 38.1 Å². The van der Waals surface area contributed by atoms with Crippen molar-refractivity contribution in [2.75, 3.05) is 0 Å². The summed E-state index contributed by atoms with van der Waals surface area (Å²) in [6.07, 6.45) is 5.42. The molecule has 1 nitrogen and oxygen atoms in total. The van der Waals surface area contributed by atoms with Crippen molar-refractivity contribution in [3.05, 3.63) is 35.4 Å². The molecule has 1 aromatic carbocycles. The van der Waals surface area contributed by atoms with Crippen LogP contribution in [-0.4, -0.2) is 12.1 Å². The summed E-state index contributed by atoms with van der Waals surface area (Å²) in [5, 5.41) is 3.82. The standard InChI is InChI=1S/C16H23N/c1-11(2)17-16-14-7-8-15(16)10-13-6-4-3-5-12(13)9-14/h3-6,11,14-17H,7-10H2,1-2H3. The number of fused-ring (bicyclic) bond motifs is 3. The van der Waals surface area contributed by atoms with Crippen molar-refractivity contribution in [1.29, 1.82) is 0 Å². The molecule has 2 aliphatic carbocycles. The average molecular weight is 229 g/mol. The minimum Gasteiger partial charge on any atom is -0.311 e. The molecule has 1 fully saturated rings. The van der Waals surface area contributed by atoms with E-state index in [9.17, 15) is 0 Å². The predicted molar refractivity (Wildman–Crippen MR) is 72.1 cm³/mol. The van der Waals surface area contributed by atoms with E-state index in [2.05, 4.69) is 43.4 Å². The van der Waals surface area contributed by atoms with Gasteiger partial charge >= 0.3 is 0 Å². The molecule has 2 unspecified atom stereocenters. The van der Waals surface area contributed by atoms with Crippen LogP contribution in [0.15, 0.2) is 24.3 Å². The van der Waals surface area contributed by atoms with Gasteiger partial charge in [-0.05, 0) is 48.6 Å². The largest absolute Gasteiger partial charge is 0.311 e. The zero-order chi connectivity index (χ0) is 11.8. The molecule has 0 saturated heterocycles. The Balaban J connectivity index is 1.87. The van der Waals surface area contributed by atoms with E-state index in [1.807, 2.05) is 0 Å². The molecule has 1 aromatic rings. The van der Waals surface area contributed by atoms with Crippen LogP contribution in [0.25, 0.3) is 0 Å². The first-order valence-corrected chi connectivity index (χ1v) is 7.07. The van der Waals surface area contributed by atoms with Gasteiger partial charge < -0.3 is 5.32 Å². The van der Waals surface area contributed by atoms with E-state index in [4.69, 9.17) is 0 Å². The lowest BCUT2D eigenvalue weighted by atomic mass is 9.94. The van der Waals surface area contributed by atoms with Gasteiger partial charge in [0.2, 0.25) is 0 Å². The summed E-state index contributed by atoms with van der Waals surface area (Å²) in [6, 6.07) is 10.4. The molecule has 3 rings (SSSR count). The first kappa shape index (κ1) is 11.3. The van der Waals surface area contributed by atoms with Gasteiger partial charge in [0, 0.05) is 12.1 Å². The number of nitrogens with one attached hydrogen (secondary N) is 1. The summed E-state index contributed by atoms with van der Waals surface area (Å²) in [4.78, 5) is 0. The van der Waals surface area contributed by atoms with Gasteiger partial charge in [0.05, 0.1) is 0 Å². The first-order chi connectivity index (χ1) is 8.24. The summed E-state index contributed by atoms with van der Waals surface area (Å²) >= 11 is 0. The normalized spacial score (nSPS) is 31.4. The second-order valence-corrected chi connectivity index (χ2v) is 6.12. The SMILES string of the molecule is CC(C)NC1C2CCC1Cc1ccccc1C2. The highest BCUT2D eigenvalue weighted by molar-refractivity contribution is 5.30. The van der Waals surface area contributed by atoms with Crippen LogP contribution in [0.3, 0.4) is 0 Å². The maximum atomic E-state index is 3.82. The zero-order valence-electron chi connectivity index (χ0n) is 10.9. The Kier molecular flexibility index (Phi) is 2.96. The smallest absolute Gasteiger partial charge is 0.0132 e. The molecule has 2 atom stereocenters. The first-order valence-electron chi connectivity index (χ1n) is 7.07. The number of benzene rings is 1. The molecule has 17 heavy (non-hydrogen) atoms. The molecule has 1 heteroatoms. The molecular formula is C16H23N. The monoisotopic (exact) mass is 229 g/mol. The summed E-state index contributed by atoms with van der Waals surface area (Å²) in [5.41, 5.74) is 3.21. The fraction of sp³-hybridized carbons (Fsp3) is 0.625. The second-order valence-electron chi connectivity index (χ2n) is 6.12.